The normalized spacial score (nSPS) is 18.5. The lowest BCUT2D eigenvalue weighted by molar-refractivity contribution is -0.123. The molecule has 0 saturated carbocycles. The van der Waals surface area contributed by atoms with E-state index in [4.69, 9.17) is 0 Å². The summed E-state index contributed by atoms with van der Waals surface area (Å²) < 4.78 is 0. The third kappa shape index (κ3) is 5.11. The van der Waals surface area contributed by atoms with Crippen molar-refractivity contribution in [3.63, 3.8) is 0 Å². The van der Waals surface area contributed by atoms with Crippen LogP contribution < -0.4 is 5.32 Å². The summed E-state index contributed by atoms with van der Waals surface area (Å²) >= 11 is 0. The van der Waals surface area contributed by atoms with Gasteiger partial charge < -0.3 is 10.4 Å². The summed E-state index contributed by atoms with van der Waals surface area (Å²) in [6.45, 7) is 9.69. The highest BCUT2D eigenvalue weighted by atomic mass is 16.3. The van der Waals surface area contributed by atoms with E-state index in [0.29, 0.717) is 13.1 Å². The zero-order valence-electron chi connectivity index (χ0n) is 12.7. The third-order valence-corrected chi connectivity index (χ3v) is 4.74. The molecule has 1 saturated heterocycles. The Balaban J connectivity index is 2.31. The van der Waals surface area contributed by atoms with Gasteiger partial charge in [-0.05, 0) is 44.7 Å². The average molecular weight is 270 g/mol. The minimum absolute atomic E-state index is 0.0919. The first-order valence-electron chi connectivity index (χ1n) is 7.65. The summed E-state index contributed by atoms with van der Waals surface area (Å²) in [7, 11) is 0. The van der Waals surface area contributed by atoms with E-state index in [1.165, 1.54) is 12.8 Å². The molecule has 4 nitrogen and oxygen atoms in total. The SMILES string of the molecule is CCC(CC)(CO)CNC(=O)CN1CCC(C)CC1. The van der Waals surface area contributed by atoms with Crippen LogP contribution >= 0.6 is 0 Å². The lowest BCUT2D eigenvalue weighted by Gasteiger charge is -2.32. The number of nitrogens with one attached hydrogen (secondary N) is 1. The van der Waals surface area contributed by atoms with Gasteiger partial charge in [0.2, 0.25) is 5.91 Å². The van der Waals surface area contributed by atoms with E-state index in [-0.39, 0.29) is 17.9 Å². The highest BCUT2D eigenvalue weighted by Crippen LogP contribution is 2.24. The van der Waals surface area contributed by atoms with Gasteiger partial charge in [-0.15, -0.1) is 0 Å². The van der Waals surface area contributed by atoms with Gasteiger partial charge in [-0.3, -0.25) is 9.69 Å². The van der Waals surface area contributed by atoms with Gasteiger partial charge in [0.1, 0.15) is 0 Å². The van der Waals surface area contributed by atoms with Crippen LogP contribution in [0, 0.1) is 11.3 Å². The summed E-state index contributed by atoms with van der Waals surface area (Å²) in [5.41, 5.74) is -0.147. The summed E-state index contributed by atoms with van der Waals surface area (Å²) in [6.07, 6.45) is 4.17. The molecular formula is C15H30N2O2. The van der Waals surface area contributed by atoms with Gasteiger partial charge in [0, 0.05) is 12.0 Å². The summed E-state index contributed by atoms with van der Waals surface area (Å²) in [5, 5.41) is 12.5. The van der Waals surface area contributed by atoms with Crippen LogP contribution in [0.25, 0.3) is 0 Å². The molecular weight excluding hydrogens is 240 g/mol. The van der Waals surface area contributed by atoms with Crippen LogP contribution in [-0.2, 0) is 4.79 Å². The molecule has 1 heterocycles. The van der Waals surface area contributed by atoms with Gasteiger partial charge in [0.05, 0.1) is 13.2 Å². The first-order chi connectivity index (χ1) is 9.05. The predicted octanol–water partition coefficient (Wildman–Crippen LogP) is 1.63. The van der Waals surface area contributed by atoms with Crippen molar-refractivity contribution in [2.24, 2.45) is 11.3 Å². The van der Waals surface area contributed by atoms with Crippen LogP contribution in [-0.4, -0.2) is 48.7 Å². The Bertz CT molecular complexity index is 261. The smallest absolute Gasteiger partial charge is 0.234 e. The molecule has 0 spiro atoms. The molecule has 0 aliphatic carbocycles. The van der Waals surface area contributed by atoms with Crippen molar-refractivity contribution in [3.05, 3.63) is 0 Å². The molecule has 0 unspecified atom stereocenters. The molecule has 1 aliphatic rings. The van der Waals surface area contributed by atoms with E-state index in [9.17, 15) is 9.90 Å². The fraction of sp³-hybridized carbons (Fsp3) is 0.933. The van der Waals surface area contributed by atoms with Crippen LogP contribution in [0.3, 0.4) is 0 Å². The monoisotopic (exact) mass is 270 g/mol. The Morgan fingerprint density at radius 1 is 1.32 bits per heavy atom. The lowest BCUT2D eigenvalue weighted by atomic mass is 9.83. The molecule has 0 aromatic rings. The van der Waals surface area contributed by atoms with E-state index in [0.717, 1.165) is 31.8 Å². The Morgan fingerprint density at radius 3 is 2.37 bits per heavy atom. The number of nitrogens with zero attached hydrogens (tertiary/aromatic N) is 1. The number of carbonyl (C=O) groups is 1. The van der Waals surface area contributed by atoms with Crippen LogP contribution in [0.4, 0.5) is 0 Å². The second kappa shape index (κ2) is 7.85. The van der Waals surface area contributed by atoms with E-state index in [1.54, 1.807) is 0 Å². The predicted molar refractivity (Wildman–Crippen MR) is 77.9 cm³/mol. The molecule has 1 fully saturated rings. The number of aliphatic hydroxyl groups excluding tert-OH is 1. The topological polar surface area (TPSA) is 52.6 Å². The Morgan fingerprint density at radius 2 is 1.89 bits per heavy atom. The molecule has 1 amide bonds. The molecule has 0 aromatic carbocycles. The molecule has 4 heteroatoms. The second-order valence-electron chi connectivity index (χ2n) is 6.10. The Hall–Kier alpha value is -0.610. The molecule has 0 aromatic heterocycles. The zero-order valence-corrected chi connectivity index (χ0v) is 12.7. The van der Waals surface area contributed by atoms with E-state index in [2.05, 4.69) is 31.0 Å². The van der Waals surface area contributed by atoms with E-state index in [1.807, 2.05) is 0 Å². The van der Waals surface area contributed by atoms with Crippen LogP contribution in [0.1, 0.15) is 46.5 Å². The fourth-order valence-corrected chi connectivity index (χ4v) is 2.54. The summed E-state index contributed by atoms with van der Waals surface area (Å²) in [4.78, 5) is 14.2. The third-order valence-electron chi connectivity index (χ3n) is 4.74. The highest BCUT2D eigenvalue weighted by molar-refractivity contribution is 5.78. The van der Waals surface area contributed by atoms with Gasteiger partial charge in [-0.1, -0.05) is 20.8 Å². The van der Waals surface area contributed by atoms with E-state index >= 15 is 0 Å². The molecule has 2 N–H and O–H groups in total. The molecule has 0 bridgehead atoms. The summed E-state index contributed by atoms with van der Waals surface area (Å²) in [5.74, 6) is 0.885. The maximum Gasteiger partial charge on any atom is 0.234 e. The molecule has 0 radical (unpaired) electrons. The minimum atomic E-state index is -0.147. The molecule has 1 aliphatic heterocycles. The van der Waals surface area contributed by atoms with Gasteiger partial charge in [-0.2, -0.15) is 0 Å². The average Bonchev–Trinajstić information content (AvgIpc) is 2.44. The number of rotatable bonds is 7. The maximum absolute atomic E-state index is 12.0. The largest absolute Gasteiger partial charge is 0.396 e. The Labute approximate surface area is 117 Å². The molecule has 1 rings (SSSR count). The number of hydrogen-bond acceptors (Lipinski definition) is 3. The van der Waals surface area contributed by atoms with Crippen LogP contribution in [0.15, 0.2) is 0 Å². The first kappa shape index (κ1) is 16.4. The number of amides is 1. The van der Waals surface area contributed by atoms with Crippen molar-refractivity contribution in [1.29, 1.82) is 0 Å². The quantitative estimate of drug-likeness (QED) is 0.739. The molecule has 19 heavy (non-hydrogen) atoms. The number of aliphatic hydroxyl groups is 1. The van der Waals surface area contributed by atoms with Crippen molar-refractivity contribution < 1.29 is 9.90 Å². The van der Waals surface area contributed by atoms with Crippen molar-refractivity contribution in [2.45, 2.75) is 46.5 Å². The minimum Gasteiger partial charge on any atom is -0.396 e. The van der Waals surface area contributed by atoms with Crippen molar-refractivity contribution >= 4 is 5.91 Å². The lowest BCUT2D eigenvalue weighted by Crippen LogP contribution is -2.45. The van der Waals surface area contributed by atoms with Gasteiger partial charge in [-0.25, -0.2) is 0 Å². The number of hydrogen-bond donors (Lipinski definition) is 2. The second-order valence-corrected chi connectivity index (χ2v) is 6.10. The zero-order chi connectivity index (χ0) is 14.3. The highest BCUT2D eigenvalue weighted by Gasteiger charge is 2.26. The first-order valence-corrected chi connectivity index (χ1v) is 7.65. The maximum atomic E-state index is 12.0. The number of piperidine rings is 1. The number of likely N-dealkylation sites (tertiary alicyclic amines) is 1. The summed E-state index contributed by atoms with van der Waals surface area (Å²) in [6, 6.07) is 0. The fourth-order valence-electron chi connectivity index (χ4n) is 2.54. The standard InChI is InChI=1S/C15H30N2O2/c1-4-15(5-2,12-18)11-16-14(19)10-17-8-6-13(3)7-9-17/h13,18H,4-12H2,1-3H3,(H,16,19). The van der Waals surface area contributed by atoms with E-state index < -0.39 is 0 Å². The van der Waals surface area contributed by atoms with Crippen molar-refractivity contribution in [1.82, 2.24) is 10.2 Å². The van der Waals surface area contributed by atoms with Crippen molar-refractivity contribution in [2.75, 3.05) is 32.8 Å². The Kier molecular flexibility index (Phi) is 6.80. The van der Waals surface area contributed by atoms with Crippen LogP contribution in [0.2, 0.25) is 0 Å². The molecule has 112 valence electrons. The molecule has 0 atom stereocenters. The van der Waals surface area contributed by atoms with Crippen molar-refractivity contribution in [3.8, 4) is 0 Å². The van der Waals surface area contributed by atoms with Gasteiger partial charge in [0.15, 0.2) is 0 Å². The van der Waals surface area contributed by atoms with Gasteiger partial charge >= 0.3 is 0 Å². The van der Waals surface area contributed by atoms with Gasteiger partial charge in [0.25, 0.3) is 0 Å². The number of carbonyl (C=O) groups excluding carboxylic acids is 1. The van der Waals surface area contributed by atoms with Crippen LogP contribution in [0.5, 0.6) is 0 Å².